The summed E-state index contributed by atoms with van der Waals surface area (Å²) < 4.78 is 0. The third kappa shape index (κ3) is 3.53. The highest BCUT2D eigenvalue weighted by molar-refractivity contribution is 7.09. The molecule has 0 bridgehead atoms. The Labute approximate surface area is 106 Å². The van der Waals surface area contributed by atoms with E-state index in [2.05, 4.69) is 10.3 Å². The van der Waals surface area contributed by atoms with Gasteiger partial charge < -0.3 is 5.32 Å². The number of nitrogens with zero attached hydrogens (tertiary/aromatic N) is 2. The van der Waals surface area contributed by atoms with E-state index in [1.807, 2.05) is 39.1 Å². The third-order valence-electron chi connectivity index (χ3n) is 2.45. The van der Waals surface area contributed by atoms with Crippen molar-refractivity contribution in [3.63, 3.8) is 0 Å². The van der Waals surface area contributed by atoms with Crippen LogP contribution in [0.5, 0.6) is 0 Å². The van der Waals surface area contributed by atoms with E-state index in [0.717, 1.165) is 10.7 Å². The van der Waals surface area contributed by atoms with Crippen LogP contribution < -0.4 is 5.32 Å². The Kier molecular flexibility index (Phi) is 4.64. The number of thiazole rings is 1. The van der Waals surface area contributed by atoms with Gasteiger partial charge in [0.05, 0.1) is 12.1 Å². The van der Waals surface area contributed by atoms with Gasteiger partial charge in [-0.1, -0.05) is 13.8 Å². The third-order valence-corrected chi connectivity index (χ3v) is 3.60. The molecular weight excluding hydrogens is 234 g/mol. The predicted molar refractivity (Wildman–Crippen MR) is 67.3 cm³/mol. The summed E-state index contributed by atoms with van der Waals surface area (Å²) in [6, 6.07) is 1.89. The van der Waals surface area contributed by atoms with Crippen LogP contribution in [0.15, 0.2) is 5.38 Å². The fraction of sp³-hybridized carbons (Fsp3) is 0.583. The lowest BCUT2D eigenvalue weighted by Gasteiger charge is -2.16. The van der Waals surface area contributed by atoms with E-state index in [-0.39, 0.29) is 17.9 Å². The van der Waals surface area contributed by atoms with Crippen LogP contribution in [0.4, 0.5) is 0 Å². The SMILES string of the molecule is Cc1csc(C(C)NC(=O)C(C#N)C(C)C)n1. The van der Waals surface area contributed by atoms with Crippen molar-refractivity contribution in [1.82, 2.24) is 10.3 Å². The number of carbonyl (C=O) groups excluding carboxylic acids is 1. The molecule has 0 spiro atoms. The molecule has 5 heteroatoms. The Morgan fingerprint density at radius 2 is 2.18 bits per heavy atom. The Morgan fingerprint density at radius 1 is 1.53 bits per heavy atom. The van der Waals surface area contributed by atoms with Gasteiger partial charge in [0.25, 0.3) is 0 Å². The van der Waals surface area contributed by atoms with Crippen molar-refractivity contribution in [3.05, 3.63) is 16.1 Å². The van der Waals surface area contributed by atoms with E-state index in [0.29, 0.717) is 0 Å². The van der Waals surface area contributed by atoms with Gasteiger partial charge in [0.1, 0.15) is 10.9 Å². The summed E-state index contributed by atoms with van der Waals surface area (Å²) >= 11 is 1.52. The largest absolute Gasteiger partial charge is 0.346 e. The number of nitriles is 1. The van der Waals surface area contributed by atoms with Crippen molar-refractivity contribution < 1.29 is 4.79 Å². The molecule has 4 nitrogen and oxygen atoms in total. The van der Waals surface area contributed by atoms with Gasteiger partial charge in [0.15, 0.2) is 0 Å². The van der Waals surface area contributed by atoms with Crippen molar-refractivity contribution in [2.45, 2.75) is 33.7 Å². The van der Waals surface area contributed by atoms with E-state index in [1.165, 1.54) is 11.3 Å². The molecule has 0 fully saturated rings. The molecule has 2 atom stereocenters. The first-order chi connectivity index (χ1) is 7.95. The van der Waals surface area contributed by atoms with Crippen molar-refractivity contribution in [2.75, 3.05) is 0 Å². The van der Waals surface area contributed by atoms with Crippen molar-refractivity contribution in [1.29, 1.82) is 5.26 Å². The molecule has 0 radical (unpaired) electrons. The van der Waals surface area contributed by atoms with Crippen molar-refractivity contribution in [2.24, 2.45) is 11.8 Å². The molecule has 0 aliphatic rings. The second-order valence-electron chi connectivity index (χ2n) is 4.41. The van der Waals surface area contributed by atoms with Crippen molar-refractivity contribution >= 4 is 17.2 Å². The van der Waals surface area contributed by atoms with Gasteiger partial charge in [-0.15, -0.1) is 11.3 Å². The highest BCUT2D eigenvalue weighted by Gasteiger charge is 2.23. The fourth-order valence-electron chi connectivity index (χ4n) is 1.45. The zero-order chi connectivity index (χ0) is 13.0. The standard InChI is InChI=1S/C12H17N3OS/c1-7(2)10(5-13)11(16)15-9(4)12-14-8(3)6-17-12/h6-7,9-10H,1-4H3,(H,15,16). The Balaban J connectivity index is 2.66. The van der Waals surface area contributed by atoms with Crippen LogP contribution >= 0.6 is 11.3 Å². The monoisotopic (exact) mass is 251 g/mol. The summed E-state index contributed by atoms with van der Waals surface area (Å²) in [4.78, 5) is 16.2. The van der Waals surface area contributed by atoms with E-state index in [1.54, 1.807) is 0 Å². The number of aromatic nitrogens is 1. The number of nitrogens with one attached hydrogen (secondary N) is 1. The zero-order valence-corrected chi connectivity index (χ0v) is 11.3. The molecule has 1 amide bonds. The van der Waals surface area contributed by atoms with Gasteiger partial charge in [0, 0.05) is 11.1 Å². The molecule has 17 heavy (non-hydrogen) atoms. The lowest BCUT2D eigenvalue weighted by atomic mass is 9.96. The maximum atomic E-state index is 11.8. The fourth-order valence-corrected chi connectivity index (χ4v) is 2.25. The summed E-state index contributed by atoms with van der Waals surface area (Å²) in [6.45, 7) is 7.53. The first kappa shape index (κ1) is 13.7. The molecule has 1 heterocycles. The Morgan fingerprint density at radius 3 is 2.59 bits per heavy atom. The number of rotatable bonds is 4. The second kappa shape index (κ2) is 5.78. The number of aryl methyl sites for hydroxylation is 1. The molecule has 0 aliphatic carbocycles. The first-order valence-corrected chi connectivity index (χ1v) is 6.45. The topological polar surface area (TPSA) is 65.8 Å². The normalized spacial score (nSPS) is 14.1. The molecule has 1 aromatic heterocycles. The van der Waals surface area contributed by atoms with Gasteiger partial charge in [-0.3, -0.25) is 4.79 Å². The van der Waals surface area contributed by atoms with Crippen LogP contribution in [-0.4, -0.2) is 10.9 Å². The summed E-state index contributed by atoms with van der Waals surface area (Å²) in [5.74, 6) is -0.799. The predicted octanol–water partition coefficient (Wildman–Crippen LogP) is 2.42. The highest BCUT2D eigenvalue weighted by Crippen LogP contribution is 2.19. The quantitative estimate of drug-likeness (QED) is 0.893. The number of hydrogen-bond acceptors (Lipinski definition) is 4. The summed E-state index contributed by atoms with van der Waals surface area (Å²) in [5, 5.41) is 14.6. The minimum Gasteiger partial charge on any atom is -0.346 e. The minimum atomic E-state index is -0.599. The number of amides is 1. The van der Waals surface area contributed by atoms with Crippen molar-refractivity contribution in [3.8, 4) is 6.07 Å². The second-order valence-corrected chi connectivity index (χ2v) is 5.30. The molecular formula is C12H17N3OS. The maximum absolute atomic E-state index is 11.8. The average Bonchev–Trinajstić information content (AvgIpc) is 2.65. The Hall–Kier alpha value is -1.41. The number of carbonyl (C=O) groups is 1. The van der Waals surface area contributed by atoms with Gasteiger partial charge >= 0.3 is 0 Å². The van der Waals surface area contributed by atoms with Gasteiger partial charge in [-0.05, 0) is 19.8 Å². The van der Waals surface area contributed by atoms with Gasteiger partial charge in [-0.25, -0.2) is 4.98 Å². The molecule has 2 unspecified atom stereocenters. The first-order valence-electron chi connectivity index (χ1n) is 5.57. The lowest BCUT2D eigenvalue weighted by Crippen LogP contribution is -2.34. The van der Waals surface area contributed by atoms with Crippen LogP contribution in [0.3, 0.4) is 0 Å². The molecule has 1 aromatic rings. The molecule has 0 aromatic carbocycles. The van der Waals surface area contributed by atoms with Gasteiger partial charge in [0.2, 0.25) is 5.91 Å². The van der Waals surface area contributed by atoms with E-state index in [4.69, 9.17) is 5.26 Å². The van der Waals surface area contributed by atoms with E-state index >= 15 is 0 Å². The molecule has 0 saturated carbocycles. The molecule has 92 valence electrons. The summed E-state index contributed by atoms with van der Waals surface area (Å²) in [6.07, 6.45) is 0. The van der Waals surface area contributed by atoms with Crippen LogP contribution in [0.2, 0.25) is 0 Å². The summed E-state index contributed by atoms with van der Waals surface area (Å²) in [5.41, 5.74) is 0.951. The Bertz CT molecular complexity index is 433. The lowest BCUT2D eigenvalue weighted by molar-refractivity contribution is -0.125. The highest BCUT2D eigenvalue weighted by atomic mass is 32.1. The van der Waals surface area contributed by atoms with E-state index < -0.39 is 5.92 Å². The zero-order valence-electron chi connectivity index (χ0n) is 10.5. The average molecular weight is 251 g/mol. The van der Waals surface area contributed by atoms with Crippen LogP contribution in [0, 0.1) is 30.1 Å². The molecule has 0 aliphatic heterocycles. The molecule has 1 N–H and O–H groups in total. The molecule has 1 rings (SSSR count). The molecule has 0 saturated heterocycles. The maximum Gasteiger partial charge on any atom is 0.238 e. The van der Waals surface area contributed by atoms with E-state index in [9.17, 15) is 4.79 Å². The smallest absolute Gasteiger partial charge is 0.238 e. The summed E-state index contributed by atoms with van der Waals surface area (Å²) in [7, 11) is 0. The van der Waals surface area contributed by atoms with Crippen LogP contribution in [0.1, 0.15) is 37.5 Å². The van der Waals surface area contributed by atoms with Gasteiger partial charge in [-0.2, -0.15) is 5.26 Å². The minimum absolute atomic E-state index is 0.0187. The van der Waals surface area contributed by atoms with Crippen LogP contribution in [0.25, 0.3) is 0 Å². The van der Waals surface area contributed by atoms with Crippen LogP contribution in [-0.2, 0) is 4.79 Å². The number of hydrogen-bond donors (Lipinski definition) is 1.